The number of hydrogen-bond acceptors (Lipinski definition) is 4. The maximum absolute atomic E-state index is 10.7. The Kier molecular flexibility index (Phi) is 3.60. The summed E-state index contributed by atoms with van der Waals surface area (Å²) >= 11 is 0. The first-order valence-corrected chi connectivity index (χ1v) is 4.96. The molecule has 0 saturated carbocycles. The van der Waals surface area contributed by atoms with Crippen LogP contribution in [0.4, 0.5) is 0 Å². The molecule has 2 heterocycles. The van der Waals surface area contributed by atoms with Crippen molar-refractivity contribution in [1.82, 2.24) is 0 Å². The lowest BCUT2D eigenvalue weighted by molar-refractivity contribution is 0.290. The van der Waals surface area contributed by atoms with Crippen molar-refractivity contribution < 1.29 is 13.9 Å². The molecule has 0 spiro atoms. The molecule has 1 aliphatic rings. The van der Waals surface area contributed by atoms with Crippen molar-refractivity contribution in [3.63, 3.8) is 0 Å². The third kappa shape index (κ3) is 3.24. The molecular formula is C13H10O4. The lowest BCUT2D eigenvalue weighted by Gasteiger charge is -1.94. The van der Waals surface area contributed by atoms with Crippen molar-refractivity contribution in [2.45, 2.75) is 0 Å². The van der Waals surface area contributed by atoms with Crippen LogP contribution in [0.25, 0.3) is 11.0 Å². The van der Waals surface area contributed by atoms with Gasteiger partial charge in [-0.2, -0.15) is 0 Å². The summed E-state index contributed by atoms with van der Waals surface area (Å²) in [4.78, 5) is 10.7. The van der Waals surface area contributed by atoms with Gasteiger partial charge in [-0.05, 0) is 12.1 Å². The molecule has 86 valence electrons. The third-order valence-electron chi connectivity index (χ3n) is 1.95. The van der Waals surface area contributed by atoms with Gasteiger partial charge < -0.3 is 13.9 Å². The summed E-state index contributed by atoms with van der Waals surface area (Å²) in [6, 6.07) is 10.6. The van der Waals surface area contributed by atoms with E-state index in [9.17, 15) is 4.79 Å². The molecule has 0 atom stereocenters. The summed E-state index contributed by atoms with van der Waals surface area (Å²) in [5.74, 6) is 0. The Morgan fingerprint density at radius 3 is 2.06 bits per heavy atom. The van der Waals surface area contributed by atoms with Crippen LogP contribution < -0.4 is 5.63 Å². The van der Waals surface area contributed by atoms with Gasteiger partial charge in [0.05, 0.1) is 0 Å². The Bertz CT molecular complexity index is 575. The highest BCUT2D eigenvalue weighted by Crippen LogP contribution is 2.08. The van der Waals surface area contributed by atoms with E-state index in [0.717, 1.165) is 5.39 Å². The molecule has 17 heavy (non-hydrogen) atoms. The molecule has 0 radical (unpaired) electrons. The van der Waals surface area contributed by atoms with Crippen LogP contribution >= 0.6 is 0 Å². The van der Waals surface area contributed by atoms with Crippen LogP contribution in [-0.4, -0.2) is 0 Å². The number of fused-ring (bicyclic) bond motifs is 1. The monoisotopic (exact) mass is 230 g/mol. The van der Waals surface area contributed by atoms with Gasteiger partial charge in [0.1, 0.15) is 30.6 Å². The molecule has 1 aliphatic heterocycles. The summed E-state index contributed by atoms with van der Waals surface area (Å²) in [5.41, 5.74) is 0.337. The van der Waals surface area contributed by atoms with Crippen molar-refractivity contribution in [2.75, 3.05) is 0 Å². The normalized spacial score (nSPS) is 12.2. The Morgan fingerprint density at radius 2 is 1.41 bits per heavy atom. The summed E-state index contributed by atoms with van der Waals surface area (Å²) in [6.07, 6.45) is 5.83. The average molecular weight is 230 g/mol. The zero-order valence-corrected chi connectivity index (χ0v) is 8.91. The molecule has 0 bridgehead atoms. The molecule has 0 amide bonds. The van der Waals surface area contributed by atoms with Crippen molar-refractivity contribution in [2.24, 2.45) is 0 Å². The zero-order valence-electron chi connectivity index (χ0n) is 8.91. The number of rotatable bonds is 0. The number of ether oxygens (including phenoxy) is 2. The number of benzene rings is 1. The summed E-state index contributed by atoms with van der Waals surface area (Å²) in [5, 5.41) is 0.951. The molecule has 0 unspecified atom stereocenters. The van der Waals surface area contributed by atoms with Gasteiger partial charge in [0.25, 0.3) is 0 Å². The zero-order chi connectivity index (χ0) is 11.9. The molecule has 1 aromatic heterocycles. The van der Waals surface area contributed by atoms with Gasteiger partial charge in [-0.1, -0.05) is 18.2 Å². The summed E-state index contributed by atoms with van der Waals surface area (Å²) in [6.45, 7) is 0. The van der Waals surface area contributed by atoms with Gasteiger partial charge in [-0.25, -0.2) is 4.79 Å². The van der Waals surface area contributed by atoms with Gasteiger partial charge in [-0.15, -0.1) is 0 Å². The second-order valence-electron chi connectivity index (χ2n) is 3.11. The lowest BCUT2D eigenvalue weighted by atomic mass is 10.2. The number of hydrogen-bond donors (Lipinski definition) is 0. The highest BCUT2D eigenvalue weighted by molar-refractivity contribution is 5.75. The maximum atomic E-state index is 10.7. The Morgan fingerprint density at radius 1 is 0.765 bits per heavy atom. The molecule has 4 nitrogen and oxygen atoms in total. The minimum absolute atomic E-state index is 0.302. The largest absolute Gasteiger partial charge is 0.466 e. The van der Waals surface area contributed by atoms with Crippen LogP contribution in [0.3, 0.4) is 0 Å². The molecular weight excluding hydrogens is 220 g/mol. The van der Waals surface area contributed by atoms with E-state index in [1.807, 2.05) is 18.2 Å². The number of para-hydroxylation sites is 1. The molecule has 0 fully saturated rings. The first-order chi connectivity index (χ1) is 8.36. The SMILES string of the molecule is C1=COC=CO1.O=c1ccc2ccccc2o1. The van der Waals surface area contributed by atoms with E-state index in [1.165, 1.54) is 31.1 Å². The second-order valence-corrected chi connectivity index (χ2v) is 3.11. The fourth-order valence-electron chi connectivity index (χ4n) is 1.23. The predicted molar refractivity (Wildman–Crippen MR) is 62.9 cm³/mol. The topological polar surface area (TPSA) is 48.7 Å². The van der Waals surface area contributed by atoms with Crippen LogP contribution in [0.1, 0.15) is 0 Å². The minimum Gasteiger partial charge on any atom is -0.466 e. The first kappa shape index (κ1) is 11.0. The third-order valence-corrected chi connectivity index (χ3v) is 1.95. The quantitative estimate of drug-likeness (QED) is 0.653. The molecule has 0 aliphatic carbocycles. The highest BCUT2D eigenvalue weighted by atomic mass is 16.5. The van der Waals surface area contributed by atoms with Gasteiger partial charge in [0.15, 0.2) is 0 Å². The van der Waals surface area contributed by atoms with Crippen LogP contribution in [0, 0.1) is 0 Å². The molecule has 0 N–H and O–H groups in total. The highest BCUT2D eigenvalue weighted by Gasteiger charge is 1.92. The molecule has 3 rings (SSSR count). The average Bonchev–Trinajstić information content (AvgIpc) is 2.41. The Balaban J connectivity index is 0.000000153. The van der Waals surface area contributed by atoms with Crippen molar-refractivity contribution in [3.8, 4) is 0 Å². The standard InChI is InChI=1S/C9H6O2.C4H4O2/c10-9-6-5-7-3-1-2-4-8(7)11-9;1-2-6-4-3-5-1/h1-6H;1-4H. The second kappa shape index (κ2) is 5.55. The Hall–Kier alpha value is -2.49. The van der Waals surface area contributed by atoms with E-state index in [2.05, 4.69) is 9.47 Å². The van der Waals surface area contributed by atoms with E-state index >= 15 is 0 Å². The Labute approximate surface area is 97.4 Å². The van der Waals surface area contributed by atoms with E-state index in [-0.39, 0.29) is 5.63 Å². The smallest absolute Gasteiger partial charge is 0.336 e. The van der Waals surface area contributed by atoms with Crippen LogP contribution in [0.2, 0.25) is 0 Å². The van der Waals surface area contributed by atoms with Crippen LogP contribution in [0.15, 0.2) is 70.7 Å². The van der Waals surface area contributed by atoms with Gasteiger partial charge in [0, 0.05) is 11.5 Å². The minimum atomic E-state index is -0.302. The van der Waals surface area contributed by atoms with E-state index in [0.29, 0.717) is 5.58 Å². The van der Waals surface area contributed by atoms with Gasteiger partial charge in [-0.3, -0.25) is 0 Å². The van der Waals surface area contributed by atoms with Gasteiger partial charge >= 0.3 is 5.63 Å². The fraction of sp³-hybridized carbons (Fsp3) is 0. The molecule has 0 saturated heterocycles. The molecule has 4 heteroatoms. The van der Waals surface area contributed by atoms with Gasteiger partial charge in [0.2, 0.25) is 0 Å². The molecule has 1 aromatic carbocycles. The van der Waals surface area contributed by atoms with E-state index in [4.69, 9.17) is 4.42 Å². The van der Waals surface area contributed by atoms with Crippen molar-refractivity contribution in [3.05, 3.63) is 71.9 Å². The van der Waals surface area contributed by atoms with Crippen molar-refractivity contribution in [1.29, 1.82) is 0 Å². The molecule has 2 aromatic rings. The van der Waals surface area contributed by atoms with E-state index < -0.39 is 0 Å². The predicted octanol–water partition coefficient (Wildman–Crippen LogP) is 2.77. The van der Waals surface area contributed by atoms with Crippen LogP contribution in [-0.2, 0) is 9.47 Å². The van der Waals surface area contributed by atoms with Crippen molar-refractivity contribution >= 4 is 11.0 Å². The fourth-order valence-corrected chi connectivity index (χ4v) is 1.23. The summed E-state index contributed by atoms with van der Waals surface area (Å²) < 4.78 is 14.1. The first-order valence-electron chi connectivity index (χ1n) is 4.96. The lowest BCUT2D eigenvalue weighted by Crippen LogP contribution is -1.93. The maximum Gasteiger partial charge on any atom is 0.336 e. The van der Waals surface area contributed by atoms with Crippen LogP contribution in [0.5, 0.6) is 0 Å². The van der Waals surface area contributed by atoms with E-state index in [1.54, 1.807) is 12.1 Å². The summed E-state index contributed by atoms with van der Waals surface area (Å²) in [7, 11) is 0.